The summed E-state index contributed by atoms with van der Waals surface area (Å²) in [4.78, 5) is 10.9. The highest BCUT2D eigenvalue weighted by atomic mass is 16.3. The minimum Gasteiger partial charge on any atom is -0.507 e. The van der Waals surface area contributed by atoms with Crippen LogP contribution in [0.3, 0.4) is 0 Å². The molecule has 3 heteroatoms. The summed E-state index contributed by atoms with van der Waals surface area (Å²) >= 11 is 0. The quantitative estimate of drug-likeness (QED) is 0.762. The van der Waals surface area contributed by atoms with E-state index in [9.17, 15) is 9.90 Å². The van der Waals surface area contributed by atoms with Gasteiger partial charge in [0.15, 0.2) is 6.29 Å². The van der Waals surface area contributed by atoms with Crippen LogP contribution in [0, 0.1) is 0 Å². The number of nitrogens with zero attached hydrogens (tertiary/aromatic N) is 1. The maximum Gasteiger partial charge on any atom is 0.152 e. The summed E-state index contributed by atoms with van der Waals surface area (Å²) in [5, 5.41) is 10.3. The Kier molecular flexibility index (Phi) is 2.23. The van der Waals surface area contributed by atoms with E-state index in [1.165, 1.54) is 0 Å². The van der Waals surface area contributed by atoms with Gasteiger partial charge in [-0.05, 0) is 26.0 Å². The van der Waals surface area contributed by atoms with E-state index < -0.39 is 0 Å². The van der Waals surface area contributed by atoms with Crippen molar-refractivity contribution in [2.75, 3.05) is 0 Å². The molecule has 0 fully saturated rings. The Labute approximate surface area is 87.9 Å². The molecule has 1 heterocycles. The number of rotatable bonds is 2. The first-order chi connectivity index (χ1) is 7.15. The molecule has 0 bridgehead atoms. The van der Waals surface area contributed by atoms with E-state index in [0.717, 1.165) is 11.8 Å². The number of carbonyl (C=O) groups is 1. The molecule has 0 radical (unpaired) electrons. The minimum atomic E-state index is 0.161. The van der Waals surface area contributed by atoms with Gasteiger partial charge in [0.25, 0.3) is 0 Å². The maximum atomic E-state index is 10.9. The zero-order valence-corrected chi connectivity index (χ0v) is 8.77. The highest BCUT2D eigenvalue weighted by Crippen LogP contribution is 2.30. The molecule has 0 unspecified atom stereocenters. The number of fused-ring (bicyclic) bond motifs is 1. The van der Waals surface area contributed by atoms with Gasteiger partial charge >= 0.3 is 0 Å². The summed E-state index contributed by atoms with van der Waals surface area (Å²) in [6.45, 7) is 4.08. The second-order valence-corrected chi connectivity index (χ2v) is 3.87. The second kappa shape index (κ2) is 3.42. The van der Waals surface area contributed by atoms with E-state index in [-0.39, 0.29) is 11.8 Å². The van der Waals surface area contributed by atoms with Gasteiger partial charge in [-0.3, -0.25) is 4.79 Å². The summed E-state index contributed by atoms with van der Waals surface area (Å²) in [5.74, 6) is 0.161. The molecule has 2 rings (SSSR count). The fourth-order valence-electron chi connectivity index (χ4n) is 1.84. The highest BCUT2D eigenvalue weighted by Gasteiger charge is 2.12. The van der Waals surface area contributed by atoms with Crippen LogP contribution in [-0.2, 0) is 0 Å². The molecule has 78 valence electrons. The van der Waals surface area contributed by atoms with E-state index in [1.54, 1.807) is 18.3 Å². The van der Waals surface area contributed by atoms with Crippen LogP contribution >= 0.6 is 0 Å². The molecule has 0 aliphatic carbocycles. The lowest BCUT2D eigenvalue weighted by Crippen LogP contribution is -1.97. The van der Waals surface area contributed by atoms with Gasteiger partial charge in [-0.25, -0.2) is 0 Å². The fourth-order valence-corrected chi connectivity index (χ4v) is 1.84. The van der Waals surface area contributed by atoms with Crippen molar-refractivity contribution in [1.82, 2.24) is 4.57 Å². The van der Waals surface area contributed by atoms with Gasteiger partial charge in [0.2, 0.25) is 0 Å². The molecule has 3 nitrogen and oxygen atoms in total. The average molecular weight is 203 g/mol. The highest BCUT2D eigenvalue weighted by molar-refractivity contribution is 6.01. The summed E-state index contributed by atoms with van der Waals surface area (Å²) in [6, 6.07) is 5.55. The number of phenols is 1. The maximum absolute atomic E-state index is 10.9. The molecule has 1 N–H and O–H groups in total. The molecule has 0 spiro atoms. The van der Waals surface area contributed by atoms with Crippen LogP contribution in [0.5, 0.6) is 5.75 Å². The molecule has 0 aliphatic rings. The van der Waals surface area contributed by atoms with E-state index in [0.29, 0.717) is 10.9 Å². The molecular formula is C12H13NO2. The normalized spacial score (nSPS) is 11.1. The first-order valence-electron chi connectivity index (χ1n) is 4.93. The SMILES string of the molecule is CC(C)n1cc(C=O)c2c(O)cccc21. The third-order valence-electron chi connectivity index (χ3n) is 2.55. The standard InChI is InChI=1S/C12H13NO2/c1-8(2)13-6-9(7-14)12-10(13)4-3-5-11(12)15/h3-8,15H,1-2H3. The predicted octanol–water partition coefficient (Wildman–Crippen LogP) is 2.74. The molecule has 0 aliphatic heterocycles. The monoisotopic (exact) mass is 203 g/mol. The van der Waals surface area contributed by atoms with Crippen LogP contribution in [0.15, 0.2) is 24.4 Å². The molecule has 15 heavy (non-hydrogen) atoms. The van der Waals surface area contributed by atoms with Crippen LogP contribution in [0.25, 0.3) is 10.9 Å². The van der Waals surface area contributed by atoms with Gasteiger partial charge in [0.1, 0.15) is 5.75 Å². The van der Waals surface area contributed by atoms with E-state index in [1.807, 2.05) is 24.5 Å². The van der Waals surface area contributed by atoms with Gasteiger partial charge in [-0.1, -0.05) is 6.07 Å². The molecular weight excluding hydrogens is 190 g/mol. The van der Waals surface area contributed by atoms with E-state index in [4.69, 9.17) is 0 Å². The molecule has 0 atom stereocenters. The van der Waals surface area contributed by atoms with Gasteiger partial charge in [0, 0.05) is 17.8 Å². The summed E-state index contributed by atoms with van der Waals surface area (Å²) in [5.41, 5.74) is 1.43. The van der Waals surface area contributed by atoms with Crippen LogP contribution < -0.4 is 0 Å². The van der Waals surface area contributed by atoms with Crippen molar-refractivity contribution in [3.05, 3.63) is 30.0 Å². The first kappa shape index (κ1) is 9.77. The number of aromatic nitrogens is 1. The number of benzene rings is 1. The number of hydrogen-bond donors (Lipinski definition) is 1. The van der Waals surface area contributed by atoms with Crippen molar-refractivity contribution < 1.29 is 9.90 Å². The summed E-state index contributed by atoms with van der Waals surface area (Å²) < 4.78 is 1.98. The summed E-state index contributed by atoms with van der Waals surface area (Å²) in [6.07, 6.45) is 2.56. The molecule has 1 aromatic heterocycles. The lowest BCUT2D eigenvalue weighted by Gasteiger charge is -2.08. The number of aldehydes is 1. The van der Waals surface area contributed by atoms with Crippen molar-refractivity contribution in [3.8, 4) is 5.75 Å². The summed E-state index contributed by atoms with van der Waals surface area (Å²) in [7, 11) is 0. The Morgan fingerprint density at radius 2 is 2.13 bits per heavy atom. The number of aromatic hydroxyl groups is 1. The van der Waals surface area contributed by atoms with Gasteiger partial charge in [0.05, 0.1) is 10.9 Å². The van der Waals surface area contributed by atoms with E-state index >= 15 is 0 Å². The van der Waals surface area contributed by atoms with Gasteiger partial charge < -0.3 is 9.67 Å². The number of hydrogen-bond acceptors (Lipinski definition) is 2. The van der Waals surface area contributed by atoms with E-state index in [2.05, 4.69) is 0 Å². The minimum absolute atomic E-state index is 0.161. The Balaban J connectivity index is 2.87. The van der Waals surface area contributed by atoms with Crippen molar-refractivity contribution >= 4 is 17.2 Å². The molecule has 1 aromatic carbocycles. The molecule has 2 aromatic rings. The lowest BCUT2D eigenvalue weighted by molar-refractivity contribution is 0.112. The Bertz CT molecular complexity index is 512. The van der Waals surface area contributed by atoms with Crippen molar-refractivity contribution in [1.29, 1.82) is 0 Å². The van der Waals surface area contributed by atoms with Gasteiger partial charge in [-0.15, -0.1) is 0 Å². The van der Waals surface area contributed by atoms with Crippen LogP contribution in [0.2, 0.25) is 0 Å². The van der Waals surface area contributed by atoms with Crippen molar-refractivity contribution in [3.63, 3.8) is 0 Å². The van der Waals surface area contributed by atoms with Crippen molar-refractivity contribution in [2.45, 2.75) is 19.9 Å². The first-order valence-corrected chi connectivity index (χ1v) is 4.93. The molecule has 0 saturated heterocycles. The topological polar surface area (TPSA) is 42.2 Å². The molecule has 0 saturated carbocycles. The smallest absolute Gasteiger partial charge is 0.152 e. The predicted molar refractivity (Wildman–Crippen MR) is 59.4 cm³/mol. The van der Waals surface area contributed by atoms with Crippen LogP contribution in [0.4, 0.5) is 0 Å². The van der Waals surface area contributed by atoms with Crippen LogP contribution in [-0.4, -0.2) is 16.0 Å². The van der Waals surface area contributed by atoms with Gasteiger partial charge in [-0.2, -0.15) is 0 Å². The third-order valence-corrected chi connectivity index (χ3v) is 2.55. The average Bonchev–Trinajstić information content (AvgIpc) is 2.58. The Morgan fingerprint density at radius 1 is 1.40 bits per heavy atom. The van der Waals surface area contributed by atoms with Crippen LogP contribution in [0.1, 0.15) is 30.2 Å². The largest absolute Gasteiger partial charge is 0.507 e. The lowest BCUT2D eigenvalue weighted by atomic mass is 10.2. The Hall–Kier alpha value is -1.77. The second-order valence-electron chi connectivity index (χ2n) is 3.87. The zero-order chi connectivity index (χ0) is 11.0. The van der Waals surface area contributed by atoms with Crippen molar-refractivity contribution in [2.24, 2.45) is 0 Å². The molecule has 0 amide bonds. The number of phenolic OH excluding ortho intramolecular Hbond substituents is 1. The number of carbonyl (C=O) groups excluding carboxylic acids is 1. The third kappa shape index (κ3) is 1.40. The Morgan fingerprint density at radius 3 is 2.73 bits per heavy atom. The fraction of sp³-hybridized carbons (Fsp3) is 0.250. The zero-order valence-electron chi connectivity index (χ0n) is 8.77.